The predicted molar refractivity (Wildman–Crippen MR) is 155 cm³/mol. The van der Waals surface area contributed by atoms with Gasteiger partial charge in [0.15, 0.2) is 0 Å². The first-order chi connectivity index (χ1) is 16.5. The number of aryl methyl sites for hydroxylation is 2. The Bertz CT molecular complexity index is 760. The number of benzene rings is 2. The van der Waals surface area contributed by atoms with Crippen molar-refractivity contribution in [3.8, 4) is 11.5 Å². The van der Waals surface area contributed by atoms with E-state index in [-0.39, 0.29) is 0 Å². The first-order valence-electron chi connectivity index (χ1n) is 13.4. The van der Waals surface area contributed by atoms with Crippen LogP contribution in [-0.4, -0.2) is 10.2 Å². The van der Waals surface area contributed by atoms with Crippen LogP contribution in [0, 0.1) is 0 Å². The highest BCUT2D eigenvalue weighted by Crippen LogP contribution is 2.28. The standard InChI is InChI=1S/2C15H23BrO/c1-2-3-4-5-6-7-8-10-13-11-9-12-14(16)15(13)17;1-2-3-4-5-6-7-8-9-13-12-14(16)10-11-15(13)17/h9,11-12,17H,2-8,10H2,1H3;10-12,17H,2-9H2,1H3. The molecule has 0 heterocycles. The molecule has 2 N–H and O–H groups in total. The predicted octanol–water partition coefficient (Wildman–Crippen LogP) is 10.9. The zero-order chi connectivity index (χ0) is 25.0. The van der Waals surface area contributed by atoms with Crippen molar-refractivity contribution < 1.29 is 10.2 Å². The van der Waals surface area contributed by atoms with E-state index in [4.69, 9.17) is 0 Å². The molecule has 2 rings (SSSR count). The molecule has 2 nitrogen and oxygen atoms in total. The Kier molecular flexibility index (Phi) is 18.5. The SMILES string of the molecule is CCCCCCCCCc1cc(Br)ccc1O.CCCCCCCCCc1cccc(Br)c1O. The Morgan fingerprint density at radius 2 is 1.09 bits per heavy atom. The number of phenolic OH excluding ortho intramolecular Hbond substituents is 2. The summed E-state index contributed by atoms with van der Waals surface area (Å²) in [7, 11) is 0. The van der Waals surface area contributed by atoms with Crippen LogP contribution in [0.5, 0.6) is 11.5 Å². The molecule has 2 aromatic rings. The van der Waals surface area contributed by atoms with Gasteiger partial charge in [-0.05, 0) is 77.0 Å². The van der Waals surface area contributed by atoms with E-state index in [9.17, 15) is 10.2 Å². The molecule has 0 aromatic heterocycles. The van der Waals surface area contributed by atoms with E-state index in [1.54, 1.807) is 6.07 Å². The van der Waals surface area contributed by atoms with Gasteiger partial charge in [0.2, 0.25) is 0 Å². The monoisotopic (exact) mass is 596 g/mol. The fraction of sp³-hybridized carbons (Fsp3) is 0.600. The van der Waals surface area contributed by atoms with Crippen LogP contribution >= 0.6 is 31.9 Å². The van der Waals surface area contributed by atoms with E-state index in [1.165, 1.54) is 89.9 Å². The minimum Gasteiger partial charge on any atom is -0.508 e. The normalized spacial score (nSPS) is 10.7. The second kappa shape index (κ2) is 20.2. The van der Waals surface area contributed by atoms with Crippen molar-refractivity contribution in [3.05, 3.63) is 56.5 Å². The third-order valence-corrected chi connectivity index (χ3v) is 7.34. The van der Waals surface area contributed by atoms with Crippen LogP contribution in [0.2, 0.25) is 0 Å². The van der Waals surface area contributed by atoms with Crippen LogP contribution in [0.15, 0.2) is 45.3 Å². The maximum absolute atomic E-state index is 9.82. The lowest BCUT2D eigenvalue weighted by Gasteiger charge is -2.06. The number of unbranched alkanes of at least 4 members (excludes halogenated alkanes) is 12. The van der Waals surface area contributed by atoms with E-state index >= 15 is 0 Å². The molecule has 192 valence electrons. The van der Waals surface area contributed by atoms with Gasteiger partial charge >= 0.3 is 0 Å². The molecule has 0 saturated carbocycles. The molecule has 34 heavy (non-hydrogen) atoms. The van der Waals surface area contributed by atoms with Crippen molar-refractivity contribution in [2.75, 3.05) is 0 Å². The zero-order valence-electron chi connectivity index (χ0n) is 21.4. The minimum absolute atomic E-state index is 0.415. The van der Waals surface area contributed by atoms with Crippen molar-refractivity contribution in [2.45, 2.75) is 117 Å². The van der Waals surface area contributed by atoms with E-state index < -0.39 is 0 Å². The van der Waals surface area contributed by atoms with Crippen LogP contribution < -0.4 is 0 Å². The maximum Gasteiger partial charge on any atom is 0.132 e. The van der Waals surface area contributed by atoms with Crippen molar-refractivity contribution in [2.24, 2.45) is 0 Å². The number of aromatic hydroxyl groups is 2. The van der Waals surface area contributed by atoms with E-state index in [0.717, 1.165) is 32.9 Å². The van der Waals surface area contributed by atoms with E-state index in [1.807, 2.05) is 30.3 Å². The van der Waals surface area contributed by atoms with Gasteiger partial charge < -0.3 is 10.2 Å². The Morgan fingerprint density at radius 3 is 1.65 bits per heavy atom. The lowest BCUT2D eigenvalue weighted by atomic mass is 10.0. The molecular weight excluding hydrogens is 552 g/mol. The molecule has 0 bridgehead atoms. The average molecular weight is 599 g/mol. The van der Waals surface area contributed by atoms with Crippen LogP contribution in [0.25, 0.3) is 0 Å². The smallest absolute Gasteiger partial charge is 0.132 e. The lowest BCUT2D eigenvalue weighted by molar-refractivity contribution is 0.462. The highest BCUT2D eigenvalue weighted by atomic mass is 79.9. The van der Waals surface area contributed by atoms with E-state index in [0.29, 0.717) is 11.5 Å². The highest BCUT2D eigenvalue weighted by Gasteiger charge is 2.04. The molecule has 0 atom stereocenters. The summed E-state index contributed by atoms with van der Waals surface area (Å²) in [6.45, 7) is 4.49. The van der Waals surface area contributed by atoms with Gasteiger partial charge in [0, 0.05) is 4.47 Å². The quantitative estimate of drug-likeness (QED) is 0.189. The largest absolute Gasteiger partial charge is 0.508 e. The minimum atomic E-state index is 0.415. The van der Waals surface area contributed by atoms with Gasteiger partial charge in [0.25, 0.3) is 0 Å². The molecule has 0 amide bonds. The first kappa shape index (κ1) is 31.0. The summed E-state index contributed by atoms with van der Waals surface area (Å²) in [5, 5.41) is 19.5. The Labute approximate surface area is 225 Å². The zero-order valence-corrected chi connectivity index (χ0v) is 24.6. The van der Waals surface area contributed by atoms with Crippen molar-refractivity contribution in [1.29, 1.82) is 0 Å². The summed E-state index contributed by atoms with van der Waals surface area (Å²) in [6, 6.07) is 11.5. The van der Waals surface area contributed by atoms with Crippen molar-refractivity contribution in [3.63, 3.8) is 0 Å². The van der Waals surface area contributed by atoms with Crippen molar-refractivity contribution in [1.82, 2.24) is 0 Å². The number of hydrogen-bond donors (Lipinski definition) is 2. The second-order valence-corrected chi connectivity index (χ2v) is 11.0. The van der Waals surface area contributed by atoms with Gasteiger partial charge in [-0.25, -0.2) is 0 Å². The molecule has 0 unspecified atom stereocenters. The fourth-order valence-electron chi connectivity index (χ4n) is 4.06. The molecule has 0 fully saturated rings. The molecular formula is C30H46Br2O2. The van der Waals surface area contributed by atoms with Gasteiger partial charge in [0.1, 0.15) is 11.5 Å². The Morgan fingerprint density at radius 1 is 0.588 bits per heavy atom. The summed E-state index contributed by atoms with van der Waals surface area (Å²) in [4.78, 5) is 0. The molecule has 0 aliphatic rings. The van der Waals surface area contributed by atoms with Gasteiger partial charge in [-0.3, -0.25) is 0 Å². The van der Waals surface area contributed by atoms with Crippen LogP contribution in [0.1, 0.15) is 115 Å². The average Bonchev–Trinajstić information content (AvgIpc) is 2.83. The first-order valence-corrected chi connectivity index (χ1v) is 15.0. The van der Waals surface area contributed by atoms with Gasteiger partial charge in [0.05, 0.1) is 4.47 Å². The summed E-state index contributed by atoms with van der Waals surface area (Å²) in [6.07, 6.45) is 20.4. The summed E-state index contributed by atoms with van der Waals surface area (Å²) >= 11 is 6.78. The molecule has 2 aromatic carbocycles. The summed E-state index contributed by atoms with van der Waals surface area (Å²) < 4.78 is 1.85. The third kappa shape index (κ3) is 14.4. The number of phenols is 2. The third-order valence-electron chi connectivity index (χ3n) is 6.21. The molecule has 4 heteroatoms. The molecule has 0 spiro atoms. The number of para-hydroxylation sites is 1. The van der Waals surface area contributed by atoms with Gasteiger partial charge in [-0.15, -0.1) is 0 Å². The molecule has 0 saturated heterocycles. The van der Waals surface area contributed by atoms with Crippen LogP contribution in [-0.2, 0) is 12.8 Å². The molecule has 0 aliphatic carbocycles. The Balaban J connectivity index is 0.000000340. The van der Waals surface area contributed by atoms with E-state index in [2.05, 4.69) is 45.7 Å². The summed E-state index contributed by atoms with van der Waals surface area (Å²) in [5.41, 5.74) is 2.13. The molecule has 0 aliphatic heterocycles. The maximum atomic E-state index is 9.82. The van der Waals surface area contributed by atoms with Crippen LogP contribution in [0.4, 0.5) is 0 Å². The van der Waals surface area contributed by atoms with Crippen LogP contribution in [0.3, 0.4) is 0 Å². The van der Waals surface area contributed by atoms with Crippen molar-refractivity contribution >= 4 is 31.9 Å². The molecule has 0 radical (unpaired) electrons. The number of rotatable bonds is 16. The second-order valence-electron chi connectivity index (χ2n) is 9.26. The summed E-state index contributed by atoms with van der Waals surface area (Å²) in [5.74, 6) is 0.845. The van der Waals surface area contributed by atoms with Gasteiger partial charge in [-0.2, -0.15) is 0 Å². The lowest BCUT2D eigenvalue weighted by Crippen LogP contribution is -1.88. The van der Waals surface area contributed by atoms with Gasteiger partial charge in [-0.1, -0.05) is 119 Å². The topological polar surface area (TPSA) is 40.5 Å². The highest BCUT2D eigenvalue weighted by molar-refractivity contribution is 9.10. The fourth-order valence-corrected chi connectivity index (χ4v) is 4.88. The number of halogens is 2. The Hall–Kier alpha value is -1.00. The number of hydrogen-bond acceptors (Lipinski definition) is 2.